The summed E-state index contributed by atoms with van der Waals surface area (Å²) in [5.41, 5.74) is -0.714. The van der Waals surface area contributed by atoms with Crippen LogP contribution in [0.15, 0.2) is 47.4 Å². The summed E-state index contributed by atoms with van der Waals surface area (Å²) in [5, 5.41) is 10.1. The standard InChI is InChI=1S/C17H18F3NO5S/c1-25-13-7-8-16(15(9-13)26-2)27(23,24)21-10-14(22)11-3-5-12(6-4-11)17(18,19)20/h3-9,14,21-22H,10H2,1-2H3. The second kappa shape index (κ2) is 8.15. The third-order valence-corrected chi connectivity index (χ3v) is 5.21. The number of hydrogen-bond donors (Lipinski definition) is 2. The van der Waals surface area contributed by atoms with Gasteiger partial charge in [-0.25, -0.2) is 13.1 Å². The molecule has 10 heteroatoms. The van der Waals surface area contributed by atoms with Crippen molar-refractivity contribution >= 4 is 10.0 Å². The van der Waals surface area contributed by atoms with Crippen molar-refractivity contribution in [2.24, 2.45) is 0 Å². The number of alkyl halides is 3. The van der Waals surface area contributed by atoms with Gasteiger partial charge in [0.05, 0.1) is 25.9 Å². The van der Waals surface area contributed by atoms with E-state index < -0.39 is 34.4 Å². The fourth-order valence-electron chi connectivity index (χ4n) is 2.28. The molecule has 2 aromatic rings. The molecule has 148 valence electrons. The lowest BCUT2D eigenvalue weighted by Crippen LogP contribution is -2.29. The molecule has 0 saturated carbocycles. The maximum absolute atomic E-state index is 12.6. The first kappa shape index (κ1) is 21.0. The average Bonchev–Trinajstić information content (AvgIpc) is 2.65. The fraction of sp³-hybridized carbons (Fsp3) is 0.294. The summed E-state index contributed by atoms with van der Waals surface area (Å²) in [7, 11) is -1.32. The number of aliphatic hydroxyl groups is 1. The van der Waals surface area contributed by atoms with Crippen molar-refractivity contribution in [3.05, 3.63) is 53.6 Å². The molecule has 0 saturated heterocycles. The highest BCUT2D eigenvalue weighted by Crippen LogP contribution is 2.30. The normalized spacial score (nSPS) is 13.3. The highest BCUT2D eigenvalue weighted by atomic mass is 32.2. The third-order valence-electron chi connectivity index (χ3n) is 3.75. The summed E-state index contributed by atoms with van der Waals surface area (Å²) in [6, 6.07) is 7.93. The van der Waals surface area contributed by atoms with Gasteiger partial charge in [-0.15, -0.1) is 0 Å². The van der Waals surface area contributed by atoms with Gasteiger partial charge in [0.1, 0.15) is 16.4 Å². The molecule has 0 fully saturated rings. The van der Waals surface area contributed by atoms with Gasteiger partial charge in [0, 0.05) is 12.6 Å². The minimum atomic E-state index is -4.49. The van der Waals surface area contributed by atoms with Crippen LogP contribution >= 0.6 is 0 Å². The van der Waals surface area contributed by atoms with E-state index >= 15 is 0 Å². The second-order valence-corrected chi connectivity index (χ2v) is 7.24. The number of aliphatic hydroxyl groups excluding tert-OH is 1. The summed E-state index contributed by atoms with van der Waals surface area (Å²) in [5.74, 6) is 0.446. The highest BCUT2D eigenvalue weighted by Gasteiger charge is 2.30. The molecule has 0 amide bonds. The van der Waals surface area contributed by atoms with Crippen molar-refractivity contribution in [1.29, 1.82) is 0 Å². The van der Waals surface area contributed by atoms with E-state index in [1.165, 1.54) is 32.4 Å². The summed E-state index contributed by atoms with van der Waals surface area (Å²) in [6.45, 7) is -0.428. The van der Waals surface area contributed by atoms with Crippen molar-refractivity contribution in [1.82, 2.24) is 4.72 Å². The average molecular weight is 405 g/mol. The second-order valence-electron chi connectivity index (χ2n) is 5.50. The first-order valence-corrected chi connectivity index (χ1v) is 9.13. The van der Waals surface area contributed by atoms with Gasteiger partial charge in [-0.2, -0.15) is 13.2 Å². The molecule has 1 atom stereocenters. The maximum atomic E-state index is 12.6. The number of ether oxygens (including phenoxy) is 2. The number of nitrogens with one attached hydrogen (secondary N) is 1. The van der Waals surface area contributed by atoms with Gasteiger partial charge in [-0.05, 0) is 29.8 Å². The summed E-state index contributed by atoms with van der Waals surface area (Å²) >= 11 is 0. The topological polar surface area (TPSA) is 84.9 Å². The Labute approximate surface area is 154 Å². The number of rotatable bonds is 7. The van der Waals surface area contributed by atoms with E-state index in [0.29, 0.717) is 5.75 Å². The molecule has 0 spiro atoms. The molecule has 2 rings (SSSR count). The van der Waals surface area contributed by atoms with Crippen LogP contribution in [0, 0.1) is 0 Å². The monoisotopic (exact) mass is 405 g/mol. The van der Waals surface area contributed by atoms with Crippen molar-refractivity contribution in [2.45, 2.75) is 17.2 Å². The van der Waals surface area contributed by atoms with Crippen LogP contribution in [-0.2, 0) is 16.2 Å². The van der Waals surface area contributed by atoms with Crippen LogP contribution in [0.25, 0.3) is 0 Å². The van der Waals surface area contributed by atoms with Gasteiger partial charge in [0.2, 0.25) is 10.0 Å². The molecule has 0 aliphatic carbocycles. The molecule has 0 aliphatic rings. The molecule has 0 heterocycles. The number of methoxy groups -OCH3 is 2. The largest absolute Gasteiger partial charge is 0.497 e. The van der Waals surface area contributed by atoms with Crippen molar-refractivity contribution in [3.8, 4) is 11.5 Å². The van der Waals surface area contributed by atoms with Gasteiger partial charge < -0.3 is 14.6 Å². The molecule has 2 aromatic carbocycles. The van der Waals surface area contributed by atoms with Crippen LogP contribution in [0.2, 0.25) is 0 Å². The number of sulfonamides is 1. The minimum Gasteiger partial charge on any atom is -0.497 e. The maximum Gasteiger partial charge on any atom is 0.416 e. The van der Waals surface area contributed by atoms with E-state index in [1.807, 2.05) is 0 Å². The first-order chi connectivity index (χ1) is 12.6. The van der Waals surface area contributed by atoms with Crippen LogP contribution in [0.1, 0.15) is 17.2 Å². The SMILES string of the molecule is COc1ccc(S(=O)(=O)NCC(O)c2ccc(C(F)(F)F)cc2)c(OC)c1. The third kappa shape index (κ3) is 5.12. The zero-order valence-corrected chi connectivity index (χ0v) is 15.3. The fourth-order valence-corrected chi connectivity index (χ4v) is 3.46. The van der Waals surface area contributed by atoms with Gasteiger partial charge in [0.15, 0.2) is 0 Å². The van der Waals surface area contributed by atoms with E-state index in [-0.39, 0.29) is 16.2 Å². The minimum absolute atomic E-state index is 0.0471. The lowest BCUT2D eigenvalue weighted by molar-refractivity contribution is -0.137. The molecule has 0 radical (unpaired) electrons. The molecular weight excluding hydrogens is 387 g/mol. The smallest absolute Gasteiger partial charge is 0.416 e. The van der Waals surface area contributed by atoms with Crippen molar-refractivity contribution in [2.75, 3.05) is 20.8 Å². The summed E-state index contributed by atoms with van der Waals surface area (Å²) in [6.07, 6.45) is -5.82. The van der Waals surface area contributed by atoms with E-state index in [0.717, 1.165) is 24.3 Å². The van der Waals surface area contributed by atoms with Gasteiger partial charge >= 0.3 is 6.18 Å². The van der Waals surface area contributed by atoms with E-state index in [4.69, 9.17) is 9.47 Å². The van der Waals surface area contributed by atoms with Crippen molar-refractivity contribution in [3.63, 3.8) is 0 Å². The number of halogens is 3. The predicted octanol–water partition coefficient (Wildman–Crippen LogP) is 2.73. The first-order valence-electron chi connectivity index (χ1n) is 7.65. The van der Waals surface area contributed by atoms with Crippen LogP contribution < -0.4 is 14.2 Å². The molecule has 2 N–H and O–H groups in total. The Hall–Kier alpha value is -2.30. The van der Waals surface area contributed by atoms with Gasteiger partial charge in [0.25, 0.3) is 0 Å². The molecule has 0 bridgehead atoms. The van der Waals surface area contributed by atoms with Crippen LogP contribution in [0.4, 0.5) is 13.2 Å². The van der Waals surface area contributed by atoms with Crippen molar-refractivity contribution < 1.29 is 36.2 Å². The quantitative estimate of drug-likeness (QED) is 0.740. The summed E-state index contributed by atoms with van der Waals surface area (Å²) in [4.78, 5) is -0.162. The Morgan fingerprint density at radius 3 is 2.22 bits per heavy atom. The summed E-state index contributed by atoms with van der Waals surface area (Å²) < 4.78 is 74.8. The van der Waals surface area contributed by atoms with Crippen LogP contribution in [0.5, 0.6) is 11.5 Å². The van der Waals surface area contributed by atoms with Crippen LogP contribution in [0.3, 0.4) is 0 Å². The highest BCUT2D eigenvalue weighted by molar-refractivity contribution is 7.89. The van der Waals surface area contributed by atoms with Gasteiger partial charge in [-0.1, -0.05) is 12.1 Å². The van der Waals surface area contributed by atoms with Gasteiger partial charge in [-0.3, -0.25) is 0 Å². The zero-order chi connectivity index (χ0) is 20.2. The molecule has 6 nitrogen and oxygen atoms in total. The Morgan fingerprint density at radius 2 is 1.70 bits per heavy atom. The predicted molar refractivity (Wildman–Crippen MR) is 91.1 cm³/mol. The Balaban J connectivity index is 2.13. The zero-order valence-electron chi connectivity index (χ0n) is 14.4. The lowest BCUT2D eigenvalue weighted by Gasteiger charge is -2.15. The molecule has 0 aromatic heterocycles. The molecule has 27 heavy (non-hydrogen) atoms. The number of hydrogen-bond acceptors (Lipinski definition) is 5. The van der Waals surface area contributed by atoms with Crippen LogP contribution in [-0.4, -0.2) is 34.3 Å². The lowest BCUT2D eigenvalue weighted by atomic mass is 10.1. The molecule has 0 aliphatic heterocycles. The van der Waals surface area contributed by atoms with E-state index in [2.05, 4.69) is 4.72 Å². The molecular formula is C17H18F3NO5S. The number of benzene rings is 2. The Kier molecular flexibility index (Phi) is 6.34. The van der Waals surface area contributed by atoms with E-state index in [1.54, 1.807) is 0 Å². The van der Waals surface area contributed by atoms with E-state index in [9.17, 15) is 26.7 Å². The molecule has 1 unspecified atom stereocenters. The Bertz CT molecular complexity index is 882. The Morgan fingerprint density at radius 1 is 1.07 bits per heavy atom.